The second-order valence-corrected chi connectivity index (χ2v) is 6.09. The highest BCUT2D eigenvalue weighted by atomic mass is 16.1. The maximum Gasteiger partial charge on any atom is 0.255 e. The number of fused-ring (bicyclic) bond motifs is 1. The Kier molecular flexibility index (Phi) is 4.10. The zero-order chi connectivity index (χ0) is 14.8. The number of hydrogen-bond acceptors (Lipinski definition) is 4. The summed E-state index contributed by atoms with van der Waals surface area (Å²) in [4.78, 5) is 19.3. The predicted molar refractivity (Wildman–Crippen MR) is 83.6 cm³/mol. The largest absolute Gasteiger partial charge is 0.387 e. The van der Waals surface area contributed by atoms with Crippen molar-refractivity contribution in [1.29, 1.82) is 0 Å². The van der Waals surface area contributed by atoms with Crippen molar-refractivity contribution < 1.29 is 4.79 Å². The van der Waals surface area contributed by atoms with Crippen LogP contribution in [0.15, 0.2) is 12.3 Å². The van der Waals surface area contributed by atoms with Crippen LogP contribution in [-0.4, -0.2) is 48.0 Å². The lowest BCUT2D eigenvalue weighted by Gasteiger charge is -2.32. The molecule has 1 aromatic rings. The molecular weight excluding hydrogens is 264 g/mol. The summed E-state index contributed by atoms with van der Waals surface area (Å²) >= 11 is 0. The van der Waals surface area contributed by atoms with Crippen LogP contribution in [0.5, 0.6) is 0 Å². The quantitative estimate of drug-likeness (QED) is 0.890. The van der Waals surface area contributed by atoms with Crippen LogP contribution in [0.2, 0.25) is 0 Å². The number of nitrogens with zero attached hydrogens (tertiary/aromatic N) is 2. The van der Waals surface area contributed by atoms with E-state index < -0.39 is 0 Å². The average Bonchev–Trinajstić information content (AvgIpc) is 2.90. The second-order valence-electron chi connectivity index (χ2n) is 6.09. The van der Waals surface area contributed by atoms with E-state index in [0.717, 1.165) is 24.3 Å². The zero-order valence-electron chi connectivity index (χ0n) is 12.9. The Hall–Kier alpha value is -1.62. The van der Waals surface area contributed by atoms with Gasteiger partial charge < -0.3 is 10.6 Å². The summed E-state index contributed by atoms with van der Waals surface area (Å²) in [6.07, 6.45) is 6.51. The molecule has 2 unspecified atom stereocenters. The minimum atomic E-state index is -0.00993. The van der Waals surface area contributed by atoms with E-state index in [1.54, 1.807) is 6.20 Å². The van der Waals surface area contributed by atoms with Gasteiger partial charge in [-0.3, -0.25) is 14.7 Å². The van der Waals surface area contributed by atoms with Gasteiger partial charge in [0.1, 0.15) is 0 Å². The number of carbonyl (C=O) groups is 1. The molecule has 0 radical (unpaired) electrons. The summed E-state index contributed by atoms with van der Waals surface area (Å²) < 4.78 is 0. The summed E-state index contributed by atoms with van der Waals surface area (Å²) in [5.41, 5.74) is 2.39. The van der Waals surface area contributed by atoms with Crippen LogP contribution < -0.4 is 10.6 Å². The SMILES string of the molecule is CNc1cc(C)ncc1C(=O)NC1CCN2CCCCC12. The standard InChI is InChI=1S/C16H24N4O/c1-11-9-14(17-2)12(10-18-11)16(21)19-13-6-8-20-7-4-3-5-15(13)20/h9-10,13,15H,3-8H2,1-2H3,(H,17,18)(H,19,21). The van der Waals surface area contributed by atoms with E-state index in [4.69, 9.17) is 0 Å². The summed E-state index contributed by atoms with van der Waals surface area (Å²) in [6.45, 7) is 4.23. The molecule has 5 heteroatoms. The summed E-state index contributed by atoms with van der Waals surface area (Å²) in [7, 11) is 1.84. The number of aryl methyl sites for hydroxylation is 1. The van der Waals surface area contributed by atoms with Crippen molar-refractivity contribution in [2.24, 2.45) is 0 Å². The lowest BCUT2D eigenvalue weighted by molar-refractivity contribution is 0.0916. The predicted octanol–water partition coefficient (Wildman–Crippen LogP) is 1.79. The van der Waals surface area contributed by atoms with Crippen molar-refractivity contribution in [3.63, 3.8) is 0 Å². The molecule has 5 nitrogen and oxygen atoms in total. The fourth-order valence-corrected chi connectivity index (χ4v) is 3.61. The fourth-order valence-electron chi connectivity index (χ4n) is 3.61. The summed E-state index contributed by atoms with van der Waals surface area (Å²) in [6, 6.07) is 2.72. The van der Waals surface area contributed by atoms with Crippen LogP contribution in [0.4, 0.5) is 5.69 Å². The van der Waals surface area contributed by atoms with E-state index >= 15 is 0 Å². The minimum absolute atomic E-state index is 0.00993. The van der Waals surface area contributed by atoms with Crippen LogP contribution in [0.1, 0.15) is 41.7 Å². The molecule has 1 aromatic heterocycles. The molecular formula is C16H24N4O. The maximum atomic E-state index is 12.6. The monoisotopic (exact) mass is 288 g/mol. The molecule has 2 aliphatic heterocycles. The number of pyridine rings is 1. The van der Waals surface area contributed by atoms with Gasteiger partial charge in [-0.05, 0) is 38.8 Å². The van der Waals surface area contributed by atoms with Crippen LogP contribution >= 0.6 is 0 Å². The Morgan fingerprint density at radius 2 is 2.19 bits per heavy atom. The van der Waals surface area contributed by atoms with Crippen molar-refractivity contribution in [3.05, 3.63) is 23.5 Å². The first-order chi connectivity index (χ1) is 10.2. The Balaban J connectivity index is 1.72. The first-order valence-corrected chi connectivity index (χ1v) is 7.88. The van der Waals surface area contributed by atoms with E-state index in [2.05, 4.69) is 20.5 Å². The molecule has 0 aliphatic carbocycles. The summed E-state index contributed by atoms with van der Waals surface area (Å²) in [5, 5.41) is 6.32. The lowest BCUT2D eigenvalue weighted by atomic mass is 9.99. The highest BCUT2D eigenvalue weighted by Crippen LogP contribution is 2.27. The number of anilines is 1. The minimum Gasteiger partial charge on any atom is -0.387 e. The highest BCUT2D eigenvalue weighted by Gasteiger charge is 2.36. The van der Waals surface area contributed by atoms with Crippen molar-refractivity contribution in [3.8, 4) is 0 Å². The van der Waals surface area contributed by atoms with Crippen LogP contribution in [0, 0.1) is 6.92 Å². The van der Waals surface area contributed by atoms with Gasteiger partial charge in [-0.15, -0.1) is 0 Å². The average molecular weight is 288 g/mol. The van der Waals surface area contributed by atoms with E-state index in [0.29, 0.717) is 11.6 Å². The topological polar surface area (TPSA) is 57.3 Å². The molecule has 2 aliphatic rings. The third-order valence-electron chi connectivity index (χ3n) is 4.73. The van der Waals surface area contributed by atoms with Gasteiger partial charge in [0.25, 0.3) is 5.91 Å². The molecule has 2 N–H and O–H groups in total. The van der Waals surface area contributed by atoms with Crippen molar-refractivity contribution >= 4 is 11.6 Å². The first-order valence-electron chi connectivity index (χ1n) is 7.88. The molecule has 2 fully saturated rings. The van der Waals surface area contributed by atoms with E-state index in [1.165, 1.54) is 25.8 Å². The van der Waals surface area contributed by atoms with Gasteiger partial charge in [0.15, 0.2) is 0 Å². The molecule has 2 saturated heterocycles. The molecule has 1 amide bonds. The first kappa shape index (κ1) is 14.3. The number of aromatic nitrogens is 1. The molecule has 3 rings (SSSR count). The van der Waals surface area contributed by atoms with Crippen molar-refractivity contribution in [1.82, 2.24) is 15.2 Å². The van der Waals surface area contributed by atoms with Gasteiger partial charge in [0.2, 0.25) is 0 Å². The van der Waals surface area contributed by atoms with Gasteiger partial charge in [0, 0.05) is 37.6 Å². The second kappa shape index (κ2) is 6.02. The molecule has 0 spiro atoms. The van der Waals surface area contributed by atoms with Gasteiger partial charge >= 0.3 is 0 Å². The summed E-state index contributed by atoms with van der Waals surface area (Å²) in [5.74, 6) is -0.00993. The zero-order valence-corrected chi connectivity index (χ0v) is 12.9. The highest BCUT2D eigenvalue weighted by molar-refractivity contribution is 5.99. The normalized spacial score (nSPS) is 25.4. The number of carbonyl (C=O) groups excluding carboxylic acids is 1. The fraction of sp³-hybridized carbons (Fsp3) is 0.625. The van der Waals surface area contributed by atoms with Gasteiger partial charge in [-0.25, -0.2) is 0 Å². The number of piperidine rings is 1. The molecule has 2 atom stereocenters. The number of hydrogen-bond donors (Lipinski definition) is 2. The van der Waals surface area contributed by atoms with E-state index in [9.17, 15) is 4.79 Å². The van der Waals surface area contributed by atoms with Crippen LogP contribution in [0.25, 0.3) is 0 Å². The Morgan fingerprint density at radius 3 is 3.00 bits per heavy atom. The Bertz CT molecular complexity index is 531. The number of nitrogens with one attached hydrogen (secondary N) is 2. The lowest BCUT2D eigenvalue weighted by Crippen LogP contribution is -2.46. The Morgan fingerprint density at radius 1 is 1.33 bits per heavy atom. The Labute approximate surface area is 126 Å². The molecule has 0 saturated carbocycles. The molecule has 3 heterocycles. The van der Waals surface area contributed by atoms with Crippen molar-refractivity contribution in [2.45, 2.75) is 44.7 Å². The third-order valence-corrected chi connectivity index (χ3v) is 4.73. The van der Waals surface area contributed by atoms with E-state index in [1.807, 2.05) is 20.0 Å². The van der Waals surface area contributed by atoms with E-state index in [-0.39, 0.29) is 11.9 Å². The van der Waals surface area contributed by atoms with Gasteiger partial charge in [-0.2, -0.15) is 0 Å². The molecule has 114 valence electrons. The number of rotatable bonds is 3. The molecule has 21 heavy (non-hydrogen) atoms. The maximum absolute atomic E-state index is 12.6. The molecule has 0 aromatic carbocycles. The van der Waals surface area contributed by atoms with Gasteiger partial charge in [-0.1, -0.05) is 6.42 Å². The van der Waals surface area contributed by atoms with Crippen LogP contribution in [0.3, 0.4) is 0 Å². The van der Waals surface area contributed by atoms with Crippen LogP contribution in [-0.2, 0) is 0 Å². The number of amides is 1. The van der Waals surface area contributed by atoms with Crippen molar-refractivity contribution in [2.75, 3.05) is 25.5 Å². The van der Waals surface area contributed by atoms with Gasteiger partial charge in [0.05, 0.1) is 11.3 Å². The molecule has 0 bridgehead atoms. The smallest absolute Gasteiger partial charge is 0.255 e. The third kappa shape index (κ3) is 2.88.